The highest BCUT2D eigenvalue weighted by atomic mass is 127. The molecule has 0 atom stereocenters. The number of aromatic nitrogens is 1. The Morgan fingerprint density at radius 1 is 0.846 bits per heavy atom. The van der Waals surface area contributed by atoms with Crippen LogP contribution in [0.3, 0.4) is 0 Å². The number of halogens is 1. The third kappa shape index (κ3) is 4.01. The molecule has 26 heavy (non-hydrogen) atoms. The second-order valence-corrected chi connectivity index (χ2v) is 6.83. The minimum atomic E-state index is 0. The van der Waals surface area contributed by atoms with Crippen LogP contribution in [0.25, 0.3) is 21.8 Å². The number of nitrogens with zero attached hydrogens (tertiary/aromatic N) is 4. The lowest BCUT2D eigenvalue weighted by Crippen LogP contribution is -3.00. The van der Waals surface area contributed by atoms with Gasteiger partial charge in [0.1, 0.15) is 0 Å². The number of fused-ring (bicyclic) bond motifs is 2. The number of hydrogen-bond donors (Lipinski definition) is 0. The fraction of sp³-hybridized carbons (Fsp3) is 0.333. The molecule has 0 saturated heterocycles. The number of aryl methyl sites for hydroxylation is 1. The number of hydrogen-bond acceptors (Lipinski definition) is 3. The topological polar surface area (TPSA) is 34.1 Å². The zero-order chi connectivity index (χ0) is 18.0. The van der Waals surface area contributed by atoms with Crippen LogP contribution in [0.5, 0.6) is 0 Å². The fourth-order valence-electron chi connectivity index (χ4n) is 3.19. The third-order valence-corrected chi connectivity index (χ3v) is 4.62. The zero-order valence-electron chi connectivity index (χ0n) is 15.8. The summed E-state index contributed by atoms with van der Waals surface area (Å²) in [6.07, 6.45) is 1.43. The van der Waals surface area contributed by atoms with E-state index in [1.54, 1.807) is 0 Å². The van der Waals surface area contributed by atoms with Gasteiger partial charge in [0.05, 0.1) is 6.07 Å². The maximum Gasteiger partial charge on any atom is 0.215 e. The van der Waals surface area contributed by atoms with E-state index < -0.39 is 0 Å². The van der Waals surface area contributed by atoms with Gasteiger partial charge in [0.2, 0.25) is 11.0 Å². The van der Waals surface area contributed by atoms with Crippen molar-refractivity contribution < 1.29 is 28.5 Å². The van der Waals surface area contributed by atoms with E-state index in [0.717, 1.165) is 13.0 Å². The van der Waals surface area contributed by atoms with Gasteiger partial charge in [-0.05, 0) is 30.3 Å². The molecule has 2 aromatic carbocycles. The van der Waals surface area contributed by atoms with Crippen molar-refractivity contribution >= 4 is 33.2 Å². The van der Waals surface area contributed by atoms with Crippen LogP contribution in [0.1, 0.15) is 12.8 Å². The van der Waals surface area contributed by atoms with Crippen molar-refractivity contribution in [1.82, 2.24) is 0 Å². The molecule has 0 unspecified atom stereocenters. The molecular weight excluding hydrogens is 435 g/mol. The second-order valence-electron chi connectivity index (χ2n) is 6.83. The number of anilines is 2. The number of unbranched alkanes of at least 4 members (excludes halogenated alkanes) is 1. The molecule has 136 valence electrons. The Balaban J connectivity index is 0.00000243. The summed E-state index contributed by atoms with van der Waals surface area (Å²) in [6, 6.07) is 17.7. The molecular formula is C21H25IN4. The summed E-state index contributed by atoms with van der Waals surface area (Å²) in [6.45, 7) is 0.842. The fourth-order valence-corrected chi connectivity index (χ4v) is 3.19. The van der Waals surface area contributed by atoms with Crippen molar-refractivity contribution in [3.8, 4) is 6.07 Å². The lowest BCUT2D eigenvalue weighted by Gasteiger charge is -2.15. The average molecular weight is 460 g/mol. The molecule has 1 aromatic heterocycles. The van der Waals surface area contributed by atoms with Crippen molar-refractivity contribution in [2.24, 2.45) is 0 Å². The zero-order valence-corrected chi connectivity index (χ0v) is 18.0. The molecule has 1 heterocycles. The summed E-state index contributed by atoms with van der Waals surface area (Å²) in [5.41, 5.74) is 4.80. The van der Waals surface area contributed by atoms with Crippen LogP contribution in [0.4, 0.5) is 11.4 Å². The van der Waals surface area contributed by atoms with Crippen molar-refractivity contribution in [3.05, 3.63) is 42.5 Å². The lowest BCUT2D eigenvalue weighted by molar-refractivity contribution is -0.645. The molecule has 0 spiro atoms. The smallest absolute Gasteiger partial charge is 0.215 e. The molecule has 4 nitrogen and oxygen atoms in total. The summed E-state index contributed by atoms with van der Waals surface area (Å²) in [5, 5.41) is 11.4. The first-order valence-electron chi connectivity index (χ1n) is 8.63. The van der Waals surface area contributed by atoms with Gasteiger partial charge < -0.3 is 33.8 Å². The molecule has 0 aliphatic rings. The predicted octanol–water partition coefficient (Wildman–Crippen LogP) is 0.720. The highest BCUT2D eigenvalue weighted by Gasteiger charge is 2.17. The van der Waals surface area contributed by atoms with Gasteiger partial charge in [-0.25, -0.2) is 0 Å². The lowest BCUT2D eigenvalue weighted by atomic mass is 10.1. The Labute approximate surface area is 172 Å². The van der Waals surface area contributed by atoms with Crippen molar-refractivity contribution in [2.45, 2.75) is 19.4 Å². The molecule has 0 bridgehead atoms. The Kier molecular flexibility index (Phi) is 6.65. The molecule has 0 aliphatic heterocycles. The number of nitriles is 1. The minimum Gasteiger partial charge on any atom is -1.00 e. The Morgan fingerprint density at radius 2 is 1.35 bits per heavy atom. The molecule has 0 radical (unpaired) electrons. The van der Waals surface area contributed by atoms with E-state index in [0.29, 0.717) is 6.42 Å². The van der Waals surface area contributed by atoms with Crippen LogP contribution in [0.2, 0.25) is 0 Å². The molecule has 3 rings (SSSR count). The van der Waals surface area contributed by atoms with E-state index in [4.69, 9.17) is 5.26 Å². The van der Waals surface area contributed by atoms with Gasteiger partial charge in [-0.2, -0.15) is 9.83 Å². The van der Waals surface area contributed by atoms with Crippen LogP contribution < -0.4 is 38.3 Å². The van der Waals surface area contributed by atoms with E-state index in [2.05, 4.69) is 91.1 Å². The van der Waals surface area contributed by atoms with Crippen LogP contribution in [0.15, 0.2) is 42.5 Å². The van der Waals surface area contributed by atoms with E-state index in [1.165, 1.54) is 33.2 Å². The monoisotopic (exact) mass is 460 g/mol. The van der Waals surface area contributed by atoms with E-state index in [1.807, 2.05) is 0 Å². The molecule has 0 aliphatic carbocycles. The van der Waals surface area contributed by atoms with Gasteiger partial charge in [-0.3, -0.25) is 0 Å². The molecule has 0 fully saturated rings. The Hall–Kier alpha value is -2.07. The molecule has 0 N–H and O–H groups in total. The number of benzene rings is 2. The van der Waals surface area contributed by atoms with E-state index >= 15 is 0 Å². The van der Waals surface area contributed by atoms with Gasteiger partial charge in [-0.15, -0.1) is 0 Å². The van der Waals surface area contributed by atoms with Crippen LogP contribution in [-0.2, 0) is 6.54 Å². The highest BCUT2D eigenvalue weighted by Crippen LogP contribution is 2.25. The molecule has 0 saturated carbocycles. The van der Waals surface area contributed by atoms with Gasteiger partial charge in [0, 0.05) is 75.3 Å². The average Bonchev–Trinajstić information content (AvgIpc) is 2.60. The van der Waals surface area contributed by atoms with E-state index in [-0.39, 0.29) is 24.0 Å². The van der Waals surface area contributed by atoms with Crippen molar-refractivity contribution in [2.75, 3.05) is 38.0 Å². The molecule has 0 amide bonds. The van der Waals surface area contributed by atoms with Crippen molar-refractivity contribution in [3.63, 3.8) is 0 Å². The van der Waals surface area contributed by atoms with Crippen LogP contribution >= 0.6 is 0 Å². The first kappa shape index (κ1) is 20.2. The SMILES string of the molecule is CN(C)c1ccc2cc3ccc(N(C)C)cc3[n+](CCCC#N)c2c1.[I-]. The minimum absolute atomic E-state index is 0. The summed E-state index contributed by atoms with van der Waals surface area (Å²) in [7, 11) is 8.25. The molecule has 5 heteroatoms. The second kappa shape index (κ2) is 8.54. The van der Waals surface area contributed by atoms with Gasteiger partial charge in [0.25, 0.3) is 0 Å². The number of rotatable bonds is 5. The largest absolute Gasteiger partial charge is 1.00 e. The van der Waals surface area contributed by atoms with Gasteiger partial charge >= 0.3 is 0 Å². The third-order valence-electron chi connectivity index (χ3n) is 4.62. The highest BCUT2D eigenvalue weighted by molar-refractivity contribution is 5.91. The van der Waals surface area contributed by atoms with Crippen LogP contribution in [0, 0.1) is 11.3 Å². The summed E-state index contributed by atoms with van der Waals surface area (Å²) in [4.78, 5) is 4.25. The summed E-state index contributed by atoms with van der Waals surface area (Å²) in [5.74, 6) is 0. The first-order chi connectivity index (χ1) is 12.0. The standard InChI is InChI=1S/C21H25N4.HI/c1-23(2)18-9-7-16-13-17-8-10-19(24(3)4)15-21(17)25(20(16)14-18)12-6-5-11-22;/h7-10,13-15H,5-6,12H2,1-4H3;1H/q+1;/p-1. The quantitative estimate of drug-likeness (QED) is 0.244. The first-order valence-corrected chi connectivity index (χ1v) is 8.63. The van der Waals surface area contributed by atoms with Crippen molar-refractivity contribution in [1.29, 1.82) is 5.26 Å². The Bertz CT molecular complexity index is 892. The normalized spacial score (nSPS) is 10.4. The number of pyridine rings is 1. The maximum atomic E-state index is 8.93. The maximum absolute atomic E-state index is 8.93. The summed E-state index contributed by atoms with van der Waals surface area (Å²) < 4.78 is 2.36. The van der Waals surface area contributed by atoms with E-state index in [9.17, 15) is 0 Å². The molecule has 3 aromatic rings. The van der Waals surface area contributed by atoms with Crippen LogP contribution in [-0.4, -0.2) is 28.2 Å². The Morgan fingerprint density at radius 3 is 1.77 bits per heavy atom. The predicted molar refractivity (Wildman–Crippen MR) is 105 cm³/mol. The van der Waals surface area contributed by atoms with Gasteiger partial charge in [-0.1, -0.05) is 0 Å². The van der Waals surface area contributed by atoms with Gasteiger partial charge in [0.15, 0.2) is 6.54 Å². The summed E-state index contributed by atoms with van der Waals surface area (Å²) >= 11 is 0.